The van der Waals surface area contributed by atoms with Gasteiger partial charge in [0.25, 0.3) is 0 Å². The van der Waals surface area contributed by atoms with Crippen LogP contribution in [0, 0.1) is 0 Å². The molecule has 0 aliphatic rings. The fourth-order valence-corrected chi connectivity index (χ4v) is 1.67. The third-order valence-corrected chi connectivity index (χ3v) is 2.68. The predicted molar refractivity (Wildman–Crippen MR) is 60.4 cm³/mol. The SMILES string of the molecule is CCSCCOc1cncc(Br)c1. The van der Waals surface area contributed by atoms with Crippen LogP contribution in [0.5, 0.6) is 5.75 Å². The van der Waals surface area contributed by atoms with Gasteiger partial charge in [0, 0.05) is 16.4 Å². The molecule has 4 heteroatoms. The number of hydrogen-bond donors (Lipinski definition) is 0. The average molecular weight is 262 g/mol. The van der Waals surface area contributed by atoms with Gasteiger partial charge in [-0.15, -0.1) is 0 Å². The Labute approximate surface area is 91.2 Å². The Balaban J connectivity index is 2.28. The highest BCUT2D eigenvalue weighted by atomic mass is 79.9. The van der Waals surface area contributed by atoms with Crippen LogP contribution in [0.1, 0.15) is 6.92 Å². The lowest BCUT2D eigenvalue weighted by Crippen LogP contribution is -2.00. The Bertz CT molecular complexity index is 257. The Kier molecular flexibility index (Phi) is 5.23. The zero-order valence-corrected chi connectivity index (χ0v) is 9.90. The molecule has 0 saturated carbocycles. The van der Waals surface area contributed by atoms with Gasteiger partial charge in [0.2, 0.25) is 0 Å². The van der Waals surface area contributed by atoms with Gasteiger partial charge in [-0.25, -0.2) is 0 Å². The maximum Gasteiger partial charge on any atom is 0.138 e. The molecule has 0 amide bonds. The van der Waals surface area contributed by atoms with Crippen molar-refractivity contribution in [3.8, 4) is 5.75 Å². The molecule has 0 radical (unpaired) electrons. The molecular weight excluding hydrogens is 250 g/mol. The first-order valence-electron chi connectivity index (χ1n) is 4.14. The highest BCUT2D eigenvalue weighted by molar-refractivity contribution is 9.10. The van der Waals surface area contributed by atoms with Crippen molar-refractivity contribution < 1.29 is 4.74 Å². The molecule has 0 atom stereocenters. The van der Waals surface area contributed by atoms with Crippen molar-refractivity contribution in [2.24, 2.45) is 0 Å². The van der Waals surface area contributed by atoms with Crippen molar-refractivity contribution in [1.29, 1.82) is 0 Å². The molecule has 0 aromatic carbocycles. The molecule has 0 unspecified atom stereocenters. The maximum absolute atomic E-state index is 5.48. The number of thioether (sulfide) groups is 1. The number of ether oxygens (including phenoxy) is 1. The highest BCUT2D eigenvalue weighted by Crippen LogP contribution is 2.15. The molecule has 1 aromatic rings. The summed E-state index contributed by atoms with van der Waals surface area (Å²) in [6.45, 7) is 2.89. The minimum absolute atomic E-state index is 0.747. The van der Waals surface area contributed by atoms with Gasteiger partial charge in [0.1, 0.15) is 5.75 Å². The molecule has 0 fully saturated rings. The smallest absolute Gasteiger partial charge is 0.138 e. The highest BCUT2D eigenvalue weighted by Gasteiger charge is 1.94. The minimum atomic E-state index is 0.747. The lowest BCUT2D eigenvalue weighted by molar-refractivity contribution is 0.342. The van der Waals surface area contributed by atoms with E-state index in [0.717, 1.165) is 28.3 Å². The van der Waals surface area contributed by atoms with Crippen molar-refractivity contribution in [2.75, 3.05) is 18.1 Å². The van der Waals surface area contributed by atoms with Gasteiger partial charge in [0.15, 0.2) is 0 Å². The maximum atomic E-state index is 5.48. The predicted octanol–water partition coefficient (Wildman–Crippen LogP) is 2.98. The van der Waals surface area contributed by atoms with Crippen molar-refractivity contribution in [3.63, 3.8) is 0 Å². The minimum Gasteiger partial charge on any atom is -0.491 e. The van der Waals surface area contributed by atoms with Crippen molar-refractivity contribution in [3.05, 3.63) is 22.9 Å². The number of pyridine rings is 1. The van der Waals surface area contributed by atoms with Crippen molar-refractivity contribution in [1.82, 2.24) is 4.98 Å². The van der Waals surface area contributed by atoms with E-state index in [1.807, 2.05) is 17.8 Å². The van der Waals surface area contributed by atoms with Crippen molar-refractivity contribution >= 4 is 27.7 Å². The summed E-state index contributed by atoms with van der Waals surface area (Å²) in [4.78, 5) is 4.00. The lowest BCUT2D eigenvalue weighted by atomic mass is 10.5. The standard InChI is InChI=1S/C9H12BrNOS/c1-2-13-4-3-12-9-5-8(10)6-11-7-9/h5-7H,2-4H2,1H3. The third kappa shape index (κ3) is 4.52. The normalized spacial score (nSPS) is 10.0. The summed E-state index contributed by atoms with van der Waals surface area (Å²) in [6, 6.07) is 1.92. The van der Waals surface area contributed by atoms with Gasteiger partial charge >= 0.3 is 0 Å². The van der Waals surface area contributed by atoms with Gasteiger partial charge in [-0.05, 0) is 27.7 Å². The first-order chi connectivity index (χ1) is 6.33. The summed E-state index contributed by atoms with van der Waals surface area (Å²) >= 11 is 5.21. The number of nitrogens with zero attached hydrogens (tertiary/aromatic N) is 1. The summed E-state index contributed by atoms with van der Waals surface area (Å²) in [5.74, 6) is 2.99. The summed E-state index contributed by atoms with van der Waals surface area (Å²) in [7, 11) is 0. The Morgan fingerprint density at radius 3 is 3.08 bits per heavy atom. The molecule has 0 aliphatic heterocycles. The first-order valence-corrected chi connectivity index (χ1v) is 6.09. The number of hydrogen-bond acceptors (Lipinski definition) is 3. The van der Waals surface area contributed by atoms with Crippen LogP contribution in [0.15, 0.2) is 22.9 Å². The van der Waals surface area contributed by atoms with E-state index in [2.05, 4.69) is 27.8 Å². The topological polar surface area (TPSA) is 22.1 Å². The number of aromatic nitrogens is 1. The molecule has 13 heavy (non-hydrogen) atoms. The van der Waals surface area contributed by atoms with Crippen LogP contribution in [-0.4, -0.2) is 23.1 Å². The van der Waals surface area contributed by atoms with E-state index in [9.17, 15) is 0 Å². The van der Waals surface area contributed by atoms with Crippen LogP contribution >= 0.6 is 27.7 Å². The lowest BCUT2D eigenvalue weighted by Gasteiger charge is -2.04. The van der Waals surface area contributed by atoms with E-state index in [1.165, 1.54) is 0 Å². The van der Waals surface area contributed by atoms with Gasteiger partial charge in [0.05, 0.1) is 12.8 Å². The fraction of sp³-hybridized carbons (Fsp3) is 0.444. The number of halogens is 1. The largest absolute Gasteiger partial charge is 0.491 e. The quantitative estimate of drug-likeness (QED) is 0.761. The second-order valence-corrected chi connectivity index (χ2v) is 4.69. The van der Waals surface area contributed by atoms with Crippen LogP contribution in [0.4, 0.5) is 0 Å². The molecule has 0 bridgehead atoms. The zero-order valence-electron chi connectivity index (χ0n) is 7.50. The van der Waals surface area contributed by atoms with E-state index in [-0.39, 0.29) is 0 Å². The van der Waals surface area contributed by atoms with Gasteiger partial charge < -0.3 is 4.74 Å². The van der Waals surface area contributed by atoms with Crippen molar-refractivity contribution in [2.45, 2.75) is 6.92 Å². The second-order valence-electron chi connectivity index (χ2n) is 2.38. The van der Waals surface area contributed by atoms with E-state index in [4.69, 9.17) is 4.74 Å². The molecule has 1 rings (SSSR count). The molecule has 0 aliphatic carbocycles. The van der Waals surface area contributed by atoms with Gasteiger partial charge in [-0.1, -0.05) is 6.92 Å². The van der Waals surface area contributed by atoms with Gasteiger partial charge in [-0.3, -0.25) is 4.98 Å². The Morgan fingerprint density at radius 2 is 2.38 bits per heavy atom. The average Bonchev–Trinajstić information content (AvgIpc) is 2.13. The monoisotopic (exact) mass is 261 g/mol. The van der Waals surface area contributed by atoms with E-state index >= 15 is 0 Å². The summed E-state index contributed by atoms with van der Waals surface area (Å²) in [5, 5.41) is 0. The molecule has 0 spiro atoms. The molecule has 1 heterocycles. The summed E-state index contributed by atoms with van der Waals surface area (Å²) < 4.78 is 6.43. The van der Waals surface area contributed by atoms with Crippen LogP contribution in [-0.2, 0) is 0 Å². The third-order valence-electron chi connectivity index (χ3n) is 1.38. The molecule has 72 valence electrons. The first kappa shape index (κ1) is 10.9. The van der Waals surface area contributed by atoms with Crippen LogP contribution in [0.25, 0.3) is 0 Å². The van der Waals surface area contributed by atoms with E-state index in [1.54, 1.807) is 12.4 Å². The second kappa shape index (κ2) is 6.27. The Hall–Kier alpha value is -0.220. The van der Waals surface area contributed by atoms with Gasteiger partial charge in [-0.2, -0.15) is 11.8 Å². The fourth-order valence-electron chi connectivity index (χ4n) is 0.834. The van der Waals surface area contributed by atoms with Crippen LogP contribution in [0.3, 0.4) is 0 Å². The number of rotatable bonds is 5. The zero-order chi connectivity index (χ0) is 9.52. The summed E-state index contributed by atoms with van der Waals surface area (Å²) in [6.07, 6.45) is 3.47. The molecular formula is C9H12BrNOS. The molecule has 1 aromatic heterocycles. The Morgan fingerprint density at radius 1 is 1.54 bits per heavy atom. The van der Waals surface area contributed by atoms with Crippen LogP contribution in [0.2, 0.25) is 0 Å². The van der Waals surface area contributed by atoms with E-state index < -0.39 is 0 Å². The molecule has 0 saturated heterocycles. The van der Waals surface area contributed by atoms with E-state index in [0.29, 0.717) is 0 Å². The summed E-state index contributed by atoms with van der Waals surface area (Å²) in [5.41, 5.74) is 0. The molecule has 0 N–H and O–H groups in total. The van der Waals surface area contributed by atoms with Crippen LogP contribution < -0.4 is 4.74 Å². The molecule has 2 nitrogen and oxygen atoms in total.